The van der Waals surface area contributed by atoms with Gasteiger partial charge in [0, 0.05) is 24.9 Å². The van der Waals surface area contributed by atoms with Gasteiger partial charge in [0.05, 0.1) is 11.1 Å². The van der Waals surface area contributed by atoms with Gasteiger partial charge in [0.25, 0.3) is 0 Å². The van der Waals surface area contributed by atoms with E-state index in [1.807, 2.05) is 6.07 Å². The number of carbonyl (C=O) groups excluding carboxylic acids is 1. The monoisotopic (exact) mass is 307 g/mol. The number of pyridine rings is 1. The highest BCUT2D eigenvalue weighted by molar-refractivity contribution is 6.31. The first-order valence-electron chi connectivity index (χ1n) is 7.83. The van der Waals surface area contributed by atoms with Crippen LogP contribution in [0.5, 0.6) is 0 Å². The van der Waals surface area contributed by atoms with Crippen molar-refractivity contribution in [2.75, 3.05) is 19.6 Å². The summed E-state index contributed by atoms with van der Waals surface area (Å²) >= 11 is 6.12. The second-order valence-electron chi connectivity index (χ2n) is 5.99. The zero-order valence-corrected chi connectivity index (χ0v) is 13.0. The van der Waals surface area contributed by atoms with Crippen LogP contribution >= 0.6 is 11.6 Å². The lowest BCUT2D eigenvalue weighted by Gasteiger charge is -2.35. The molecule has 0 amide bonds. The summed E-state index contributed by atoms with van der Waals surface area (Å²) in [4.78, 5) is 19.1. The van der Waals surface area contributed by atoms with Crippen LogP contribution in [0.15, 0.2) is 18.5 Å². The minimum Gasteiger partial charge on any atom is -0.317 e. The number of Topliss-reactive ketones (excluding diaryl/α,β-unsaturated/α-hetero) is 1. The van der Waals surface area contributed by atoms with E-state index in [1.54, 1.807) is 12.4 Å². The maximum atomic E-state index is 12.7. The Kier molecular flexibility index (Phi) is 4.88. The van der Waals surface area contributed by atoms with Crippen molar-refractivity contribution in [3.05, 3.63) is 29.0 Å². The zero-order chi connectivity index (χ0) is 14.7. The Morgan fingerprint density at radius 3 is 2.95 bits per heavy atom. The molecule has 1 aromatic heterocycles. The van der Waals surface area contributed by atoms with Crippen molar-refractivity contribution in [1.29, 1.82) is 0 Å². The molecule has 3 rings (SSSR count). The standard InChI is InChI=1S/C16H22ClN3O/c17-14-11-19-6-3-12(14)10-16(21)15-2-1-9-20(15)13-4-7-18-8-5-13/h3,6,11,13,15,18H,1-2,4-5,7-10H2. The maximum Gasteiger partial charge on any atom is 0.154 e. The van der Waals surface area contributed by atoms with Crippen molar-refractivity contribution in [3.8, 4) is 0 Å². The number of hydrogen-bond donors (Lipinski definition) is 1. The van der Waals surface area contributed by atoms with Crippen LogP contribution in [-0.4, -0.2) is 47.4 Å². The third kappa shape index (κ3) is 3.44. The normalized spacial score (nSPS) is 24.3. The first-order chi connectivity index (χ1) is 10.3. The Morgan fingerprint density at radius 1 is 1.38 bits per heavy atom. The van der Waals surface area contributed by atoms with Crippen LogP contribution in [0.25, 0.3) is 0 Å². The number of likely N-dealkylation sites (tertiary alicyclic amines) is 1. The molecule has 0 saturated carbocycles. The predicted molar refractivity (Wildman–Crippen MR) is 83.6 cm³/mol. The van der Waals surface area contributed by atoms with E-state index in [1.165, 1.54) is 0 Å². The van der Waals surface area contributed by atoms with Gasteiger partial charge in [-0.3, -0.25) is 14.7 Å². The number of piperidine rings is 1. The van der Waals surface area contributed by atoms with Crippen molar-refractivity contribution in [1.82, 2.24) is 15.2 Å². The van der Waals surface area contributed by atoms with Crippen LogP contribution in [0.2, 0.25) is 5.02 Å². The molecule has 2 fully saturated rings. The van der Waals surface area contributed by atoms with E-state index >= 15 is 0 Å². The van der Waals surface area contributed by atoms with Crippen molar-refractivity contribution < 1.29 is 4.79 Å². The molecule has 2 aliphatic rings. The Hall–Kier alpha value is -0.970. The van der Waals surface area contributed by atoms with Crippen molar-refractivity contribution in [2.45, 2.75) is 44.2 Å². The summed E-state index contributed by atoms with van der Waals surface area (Å²) in [5.41, 5.74) is 0.897. The highest BCUT2D eigenvalue weighted by atomic mass is 35.5. The molecule has 5 heteroatoms. The fourth-order valence-electron chi connectivity index (χ4n) is 3.56. The lowest BCUT2D eigenvalue weighted by atomic mass is 9.99. The highest BCUT2D eigenvalue weighted by Gasteiger charge is 2.35. The molecule has 1 atom stereocenters. The fraction of sp³-hybridized carbons (Fsp3) is 0.625. The number of rotatable bonds is 4. The molecule has 1 N–H and O–H groups in total. The lowest BCUT2D eigenvalue weighted by Crippen LogP contribution is -2.48. The Bertz CT molecular complexity index is 502. The Morgan fingerprint density at radius 2 is 2.19 bits per heavy atom. The first kappa shape index (κ1) is 14.9. The molecule has 114 valence electrons. The molecule has 0 spiro atoms. The number of ketones is 1. The summed E-state index contributed by atoms with van der Waals surface area (Å²) in [6.07, 6.45) is 8.17. The SMILES string of the molecule is O=C(Cc1ccncc1Cl)C1CCCN1C1CCNCC1. The van der Waals surface area contributed by atoms with E-state index in [9.17, 15) is 4.79 Å². The molecule has 0 aliphatic carbocycles. The summed E-state index contributed by atoms with van der Waals surface area (Å²) < 4.78 is 0. The van der Waals surface area contributed by atoms with Gasteiger partial charge in [0.15, 0.2) is 5.78 Å². The van der Waals surface area contributed by atoms with E-state index in [2.05, 4.69) is 15.2 Å². The Labute approximate surface area is 130 Å². The second kappa shape index (κ2) is 6.86. The molecular weight excluding hydrogens is 286 g/mol. The van der Waals surface area contributed by atoms with Crippen LogP contribution in [0, 0.1) is 0 Å². The zero-order valence-electron chi connectivity index (χ0n) is 12.2. The topological polar surface area (TPSA) is 45.2 Å². The molecule has 0 radical (unpaired) electrons. The molecule has 21 heavy (non-hydrogen) atoms. The van der Waals surface area contributed by atoms with Gasteiger partial charge in [-0.05, 0) is 56.9 Å². The number of hydrogen-bond acceptors (Lipinski definition) is 4. The van der Waals surface area contributed by atoms with E-state index in [-0.39, 0.29) is 6.04 Å². The maximum absolute atomic E-state index is 12.7. The van der Waals surface area contributed by atoms with Gasteiger partial charge in [-0.15, -0.1) is 0 Å². The van der Waals surface area contributed by atoms with E-state index in [4.69, 9.17) is 11.6 Å². The molecule has 2 aliphatic heterocycles. The molecule has 1 aromatic rings. The number of nitrogens with one attached hydrogen (secondary N) is 1. The number of aromatic nitrogens is 1. The summed E-state index contributed by atoms with van der Waals surface area (Å²) in [6, 6.07) is 2.50. The van der Waals surface area contributed by atoms with Crippen LogP contribution in [-0.2, 0) is 11.2 Å². The van der Waals surface area contributed by atoms with Gasteiger partial charge in [-0.25, -0.2) is 0 Å². The third-order valence-electron chi connectivity index (χ3n) is 4.66. The molecule has 1 unspecified atom stereocenters. The summed E-state index contributed by atoms with van der Waals surface area (Å²) in [7, 11) is 0. The molecule has 2 saturated heterocycles. The average Bonchev–Trinajstić information content (AvgIpc) is 3.00. The Balaban J connectivity index is 1.67. The highest BCUT2D eigenvalue weighted by Crippen LogP contribution is 2.26. The van der Waals surface area contributed by atoms with Crippen LogP contribution in [0.3, 0.4) is 0 Å². The first-order valence-corrected chi connectivity index (χ1v) is 8.21. The second-order valence-corrected chi connectivity index (χ2v) is 6.39. The van der Waals surface area contributed by atoms with E-state index in [0.29, 0.717) is 23.3 Å². The van der Waals surface area contributed by atoms with Gasteiger partial charge in [-0.2, -0.15) is 0 Å². The van der Waals surface area contributed by atoms with Crippen LogP contribution in [0.4, 0.5) is 0 Å². The molecule has 0 bridgehead atoms. The van der Waals surface area contributed by atoms with Gasteiger partial charge < -0.3 is 5.32 Å². The van der Waals surface area contributed by atoms with Gasteiger partial charge in [0.2, 0.25) is 0 Å². The van der Waals surface area contributed by atoms with Gasteiger partial charge in [0.1, 0.15) is 0 Å². The van der Waals surface area contributed by atoms with Crippen molar-refractivity contribution >= 4 is 17.4 Å². The molecule has 4 nitrogen and oxygen atoms in total. The summed E-state index contributed by atoms with van der Waals surface area (Å²) in [5.74, 6) is 0.305. The third-order valence-corrected chi connectivity index (χ3v) is 5.01. The number of halogens is 1. The minimum absolute atomic E-state index is 0.0809. The minimum atomic E-state index is 0.0809. The number of carbonyl (C=O) groups is 1. The molecule has 0 aromatic carbocycles. The smallest absolute Gasteiger partial charge is 0.154 e. The quantitative estimate of drug-likeness (QED) is 0.925. The fourth-order valence-corrected chi connectivity index (χ4v) is 3.75. The van der Waals surface area contributed by atoms with Crippen molar-refractivity contribution in [2.24, 2.45) is 0 Å². The number of nitrogens with zero attached hydrogens (tertiary/aromatic N) is 2. The van der Waals surface area contributed by atoms with Crippen molar-refractivity contribution in [3.63, 3.8) is 0 Å². The molecular formula is C16H22ClN3O. The van der Waals surface area contributed by atoms with Gasteiger partial charge >= 0.3 is 0 Å². The summed E-state index contributed by atoms with van der Waals surface area (Å²) in [5, 5.41) is 3.99. The van der Waals surface area contributed by atoms with Crippen LogP contribution in [0.1, 0.15) is 31.2 Å². The largest absolute Gasteiger partial charge is 0.317 e. The predicted octanol–water partition coefficient (Wildman–Crippen LogP) is 2.06. The lowest BCUT2D eigenvalue weighted by molar-refractivity contribution is -0.123. The average molecular weight is 308 g/mol. The molecule has 3 heterocycles. The van der Waals surface area contributed by atoms with Crippen LogP contribution < -0.4 is 5.32 Å². The van der Waals surface area contributed by atoms with Gasteiger partial charge in [-0.1, -0.05) is 11.6 Å². The van der Waals surface area contributed by atoms with E-state index in [0.717, 1.165) is 50.9 Å². The summed E-state index contributed by atoms with van der Waals surface area (Å²) in [6.45, 7) is 3.20. The van der Waals surface area contributed by atoms with E-state index < -0.39 is 0 Å².